The third-order valence-electron chi connectivity index (χ3n) is 7.97. The number of rotatable bonds is 0. The minimum atomic E-state index is -1.05. The Hall–Kier alpha value is -0.410. The maximum atomic E-state index is 14.2. The van der Waals surface area contributed by atoms with Gasteiger partial charge >= 0.3 is 0 Å². The van der Waals surface area contributed by atoms with E-state index in [1.54, 1.807) is 0 Å². The van der Waals surface area contributed by atoms with Crippen molar-refractivity contribution in [3.8, 4) is 0 Å². The van der Waals surface area contributed by atoms with Gasteiger partial charge in [-0.05, 0) is 73.5 Å². The molecule has 3 heteroatoms. The van der Waals surface area contributed by atoms with Crippen molar-refractivity contribution in [1.29, 1.82) is 0 Å². The molecule has 0 aliphatic heterocycles. The molecule has 3 fully saturated rings. The number of hydrogen-bond donors (Lipinski definition) is 2. The van der Waals surface area contributed by atoms with Gasteiger partial charge in [0.05, 0.1) is 12.2 Å². The summed E-state index contributed by atoms with van der Waals surface area (Å²) in [4.78, 5) is 0. The van der Waals surface area contributed by atoms with Crippen molar-refractivity contribution in [3.05, 3.63) is 11.6 Å². The van der Waals surface area contributed by atoms with E-state index in [9.17, 15) is 14.6 Å². The van der Waals surface area contributed by atoms with Crippen LogP contribution in [-0.2, 0) is 0 Å². The Labute approximate surface area is 132 Å². The van der Waals surface area contributed by atoms with Gasteiger partial charge in [0.25, 0.3) is 0 Å². The van der Waals surface area contributed by atoms with Crippen molar-refractivity contribution < 1.29 is 14.6 Å². The van der Waals surface area contributed by atoms with Crippen molar-refractivity contribution in [2.45, 2.75) is 77.2 Å². The van der Waals surface area contributed by atoms with Crippen LogP contribution in [0, 0.1) is 28.6 Å². The lowest BCUT2D eigenvalue weighted by atomic mass is 9.48. The molecule has 0 spiro atoms. The van der Waals surface area contributed by atoms with E-state index in [4.69, 9.17) is 0 Å². The molecule has 0 radical (unpaired) electrons. The van der Waals surface area contributed by atoms with Gasteiger partial charge in [-0.15, -0.1) is 0 Å². The Kier molecular flexibility index (Phi) is 3.30. The zero-order valence-corrected chi connectivity index (χ0v) is 13.8. The number of aliphatic hydroxyl groups excluding tert-OH is 2. The van der Waals surface area contributed by atoms with Crippen LogP contribution in [0.25, 0.3) is 0 Å². The fourth-order valence-corrected chi connectivity index (χ4v) is 6.68. The molecule has 8 atom stereocenters. The second kappa shape index (κ2) is 4.80. The van der Waals surface area contributed by atoms with Crippen molar-refractivity contribution in [2.75, 3.05) is 0 Å². The molecule has 124 valence electrons. The first-order chi connectivity index (χ1) is 10.4. The first kappa shape index (κ1) is 15.1. The molecule has 0 unspecified atom stereocenters. The number of aliphatic hydroxyl groups is 2. The lowest BCUT2D eigenvalue weighted by Crippen LogP contribution is -2.51. The molecule has 0 saturated heterocycles. The van der Waals surface area contributed by atoms with E-state index in [1.807, 2.05) is 0 Å². The minimum Gasteiger partial charge on any atom is -0.393 e. The topological polar surface area (TPSA) is 40.5 Å². The average molecular weight is 308 g/mol. The largest absolute Gasteiger partial charge is 0.393 e. The molecule has 0 bridgehead atoms. The quantitative estimate of drug-likeness (QED) is 0.671. The highest BCUT2D eigenvalue weighted by Crippen LogP contribution is 2.65. The molecule has 0 aromatic rings. The van der Waals surface area contributed by atoms with E-state index < -0.39 is 12.3 Å². The Morgan fingerprint density at radius 1 is 1.18 bits per heavy atom. The molecule has 2 N–H and O–H groups in total. The Balaban J connectivity index is 1.69. The Morgan fingerprint density at radius 2 is 1.95 bits per heavy atom. The second-order valence-corrected chi connectivity index (χ2v) is 8.90. The summed E-state index contributed by atoms with van der Waals surface area (Å²) in [6.07, 6.45) is 6.74. The van der Waals surface area contributed by atoms with E-state index in [0.29, 0.717) is 24.2 Å². The first-order valence-electron chi connectivity index (χ1n) is 9.06. The number of alkyl halides is 1. The highest BCUT2D eigenvalue weighted by Gasteiger charge is 2.61. The average Bonchev–Trinajstić information content (AvgIpc) is 2.70. The highest BCUT2D eigenvalue weighted by molar-refractivity contribution is 5.25. The summed E-state index contributed by atoms with van der Waals surface area (Å²) in [5, 5.41) is 20.5. The summed E-state index contributed by atoms with van der Waals surface area (Å²) >= 11 is 0. The predicted octanol–water partition coefficient (Wildman–Crippen LogP) is 3.62. The third kappa shape index (κ3) is 1.84. The van der Waals surface area contributed by atoms with Crippen LogP contribution < -0.4 is 0 Å². The molecule has 0 aromatic heterocycles. The van der Waals surface area contributed by atoms with Crippen molar-refractivity contribution in [1.82, 2.24) is 0 Å². The molecule has 4 aliphatic carbocycles. The van der Waals surface area contributed by atoms with Crippen LogP contribution in [0.4, 0.5) is 4.39 Å². The van der Waals surface area contributed by atoms with Crippen molar-refractivity contribution in [2.24, 2.45) is 28.6 Å². The van der Waals surface area contributed by atoms with E-state index in [0.717, 1.165) is 38.5 Å². The van der Waals surface area contributed by atoms with Gasteiger partial charge in [0, 0.05) is 0 Å². The maximum Gasteiger partial charge on any atom is 0.127 e. The van der Waals surface area contributed by atoms with Gasteiger partial charge in [-0.1, -0.05) is 25.5 Å². The number of hydrogen-bond acceptors (Lipinski definition) is 2. The summed E-state index contributed by atoms with van der Waals surface area (Å²) < 4.78 is 14.2. The summed E-state index contributed by atoms with van der Waals surface area (Å²) in [5.41, 5.74) is 1.40. The van der Waals surface area contributed by atoms with Crippen LogP contribution in [0.5, 0.6) is 0 Å². The fourth-order valence-electron chi connectivity index (χ4n) is 6.68. The lowest BCUT2D eigenvalue weighted by molar-refractivity contribution is -0.0805. The molecule has 0 heterocycles. The molecule has 0 aromatic carbocycles. The van der Waals surface area contributed by atoms with Gasteiger partial charge in [-0.25, -0.2) is 4.39 Å². The van der Waals surface area contributed by atoms with E-state index in [2.05, 4.69) is 19.9 Å². The molecule has 0 amide bonds. The zero-order chi connectivity index (χ0) is 15.7. The van der Waals surface area contributed by atoms with Crippen LogP contribution in [0.15, 0.2) is 11.6 Å². The minimum absolute atomic E-state index is 0.0985. The molecule has 4 aliphatic rings. The van der Waals surface area contributed by atoms with Gasteiger partial charge < -0.3 is 10.2 Å². The van der Waals surface area contributed by atoms with Crippen LogP contribution in [0.2, 0.25) is 0 Å². The predicted molar refractivity (Wildman–Crippen MR) is 84.0 cm³/mol. The van der Waals surface area contributed by atoms with Crippen LogP contribution >= 0.6 is 0 Å². The number of halogens is 1. The molecule has 22 heavy (non-hydrogen) atoms. The van der Waals surface area contributed by atoms with E-state index in [1.165, 1.54) is 5.57 Å². The molecular weight excluding hydrogens is 279 g/mol. The monoisotopic (exact) mass is 308 g/mol. The summed E-state index contributed by atoms with van der Waals surface area (Å²) in [6.45, 7) is 4.44. The van der Waals surface area contributed by atoms with E-state index >= 15 is 0 Å². The van der Waals surface area contributed by atoms with Crippen LogP contribution in [0.3, 0.4) is 0 Å². The first-order valence-corrected chi connectivity index (χ1v) is 9.06. The van der Waals surface area contributed by atoms with Crippen LogP contribution in [0.1, 0.15) is 58.8 Å². The SMILES string of the molecule is C[C@]12CC[C@H]3[C@@H](CC=C4CC[C@H](O)C[C@@]43C)[C@@H]1C[C@H](F)[C@H]2O. The van der Waals surface area contributed by atoms with Gasteiger partial charge in [0.15, 0.2) is 0 Å². The second-order valence-electron chi connectivity index (χ2n) is 8.90. The van der Waals surface area contributed by atoms with Crippen LogP contribution in [-0.4, -0.2) is 28.6 Å². The van der Waals surface area contributed by atoms with Gasteiger partial charge in [0.2, 0.25) is 0 Å². The zero-order valence-electron chi connectivity index (χ0n) is 13.8. The molecular formula is C19H29FO2. The number of fused-ring (bicyclic) bond motifs is 5. The van der Waals surface area contributed by atoms with E-state index in [-0.39, 0.29) is 16.9 Å². The summed E-state index contributed by atoms with van der Waals surface area (Å²) in [7, 11) is 0. The van der Waals surface area contributed by atoms with Crippen molar-refractivity contribution >= 4 is 0 Å². The molecule has 3 saturated carbocycles. The third-order valence-corrected chi connectivity index (χ3v) is 7.97. The summed E-state index contributed by atoms with van der Waals surface area (Å²) in [6, 6.07) is 0. The summed E-state index contributed by atoms with van der Waals surface area (Å²) in [5.74, 6) is 1.33. The number of allylic oxidation sites excluding steroid dienone is 2. The molecule has 2 nitrogen and oxygen atoms in total. The Morgan fingerprint density at radius 3 is 2.73 bits per heavy atom. The lowest BCUT2D eigenvalue weighted by Gasteiger charge is -2.57. The maximum absolute atomic E-state index is 14.2. The van der Waals surface area contributed by atoms with Gasteiger partial charge in [0.1, 0.15) is 6.17 Å². The van der Waals surface area contributed by atoms with Gasteiger partial charge in [-0.2, -0.15) is 0 Å². The standard InChI is InChI=1S/C19H29FO2/c1-18-8-7-14-13(15(18)9-16(20)17(18)22)6-4-11-3-5-12(21)10-19(11,14)2/h4,12-17,21-22H,3,5-10H2,1-2H3/t12-,13+,14-,15-,16-,17+,18-,19-/m0/s1. The normalized spacial score (nSPS) is 57.6. The smallest absolute Gasteiger partial charge is 0.127 e. The highest BCUT2D eigenvalue weighted by atomic mass is 19.1. The molecule has 4 rings (SSSR count). The fraction of sp³-hybridized carbons (Fsp3) is 0.895. The van der Waals surface area contributed by atoms with Crippen molar-refractivity contribution in [3.63, 3.8) is 0 Å². The van der Waals surface area contributed by atoms with Gasteiger partial charge in [-0.3, -0.25) is 0 Å². The Bertz CT molecular complexity index is 504.